The first kappa shape index (κ1) is 17.8. The highest BCUT2D eigenvalue weighted by atomic mass is 16.6. The lowest BCUT2D eigenvalue weighted by molar-refractivity contribution is -0.0819. The van der Waals surface area contributed by atoms with Gasteiger partial charge in [0.1, 0.15) is 18.2 Å². The van der Waals surface area contributed by atoms with Gasteiger partial charge in [-0.1, -0.05) is 12.7 Å². The molecule has 0 radical (unpaired) electrons. The van der Waals surface area contributed by atoms with Crippen LogP contribution in [0, 0.1) is 0 Å². The van der Waals surface area contributed by atoms with E-state index in [0.29, 0.717) is 45.3 Å². The van der Waals surface area contributed by atoms with Crippen LogP contribution in [0.15, 0.2) is 41.7 Å². The predicted octanol–water partition coefficient (Wildman–Crippen LogP) is 1.86. The molecule has 2 aliphatic heterocycles. The standard InChI is InChI=1S/C20H23N3O4/c1-2-7-26-15-3-4-17-14(10-15)5-6-23-18(17)11-19(22-20(23)24)21-12-16-13-25-8-9-27-16/h2-4,10-11,16H,1,5-9,12-13H2,(H,21,22,24)/t16-/m1/s1. The molecule has 7 heteroatoms. The Morgan fingerprint density at radius 2 is 2.30 bits per heavy atom. The summed E-state index contributed by atoms with van der Waals surface area (Å²) in [5, 5.41) is 3.21. The van der Waals surface area contributed by atoms with E-state index in [1.165, 1.54) is 0 Å². The Hall–Kier alpha value is -2.64. The number of ether oxygens (including phenoxy) is 3. The number of nitrogens with one attached hydrogen (secondary N) is 1. The molecule has 1 fully saturated rings. The Bertz CT molecular complexity index is 887. The number of rotatable bonds is 6. The zero-order valence-corrected chi connectivity index (χ0v) is 15.1. The highest BCUT2D eigenvalue weighted by molar-refractivity contribution is 5.69. The van der Waals surface area contributed by atoms with Crippen LogP contribution in [0.1, 0.15) is 5.56 Å². The summed E-state index contributed by atoms with van der Waals surface area (Å²) in [7, 11) is 0. The molecule has 2 aromatic rings. The first-order valence-electron chi connectivity index (χ1n) is 9.16. The first-order valence-corrected chi connectivity index (χ1v) is 9.16. The van der Waals surface area contributed by atoms with E-state index >= 15 is 0 Å². The maximum atomic E-state index is 12.5. The van der Waals surface area contributed by atoms with Gasteiger partial charge in [-0.15, -0.1) is 0 Å². The fourth-order valence-electron chi connectivity index (χ4n) is 3.41. The molecule has 2 aliphatic rings. The zero-order valence-electron chi connectivity index (χ0n) is 15.1. The summed E-state index contributed by atoms with van der Waals surface area (Å²) < 4.78 is 18.4. The minimum absolute atomic E-state index is 0.0313. The van der Waals surface area contributed by atoms with Crippen molar-refractivity contribution < 1.29 is 14.2 Å². The van der Waals surface area contributed by atoms with Crippen LogP contribution >= 0.6 is 0 Å². The van der Waals surface area contributed by atoms with E-state index in [9.17, 15) is 4.79 Å². The van der Waals surface area contributed by atoms with Crippen molar-refractivity contribution in [1.82, 2.24) is 9.55 Å². The molecule has 0 saturated carbocycles. The van der Waals surface area contributed by atoms with Crippen LogP contribution in [0.5, 0.6) is 5.75 Å². The second-order valence-corrected chi connectivity index (χ2v) is 6.58. The lowest BCUT2D eigenvalue weighted by atomic mass is 9.97. The van der Waals surface area contributed by atoms with Crippen molar-refractivity contribution >= 4 is 5.82 Å². The number of nitrogens with zero attached hydrogens (tertiary/aromatic N) is 2. The number of benzene rings is 1. The average Bonchev–Trinajstić information content (AvgIpc) is 2.71. The quantitative estimate of drug-likeness (QED) is 0.784. The summed E-state index contributed by atoms with van der Waals surface area (Å²) in [4.78, 5) is 16.6. The van der Waals surface area contributed by atoms with E-state index in [2.05, 4.69) is 16.9 Å². The van der Waals surface area contributed by atoms with Crippen molar-refractivity contribution in [1.29, 1.82) is 0 Å². The van der Waals surface area contributed by atoms with E-state index in [0.717, 1.165) is 29.0 Å². The SMILES string of the molecule is C=CCOc1ccc2c(c1)CCn1c-2cc(NC[C@@H]2COCCO2)nc1=O. The lowest BCUT2D eigenvalue weighted by Crippen LogP contribution is -2.35. The largest absolute Gasteiger partial charge is 0.490 e. The van der Waals surface area contributed by atoms with Gasteiger partial charge < -0.3 is 19.5 Å². The van der Waals surface area contributed by atoms with Crippen LogP contribution < -0.4 is 15.7 Å². The Balaban J connectivity index is 1.58. The van der Waals surface area contributed by atoms with E-state index in [-0.39, 0.29) is 11.8 Å². The smallest absolute Gasteiger partial charge is 0.349 e. The van der Waals surface area contributed by atoms with Crippen molar-refractivity contribution in [2.75, 3.05) is 38.3 Å². The number of fused-ring (bicyclic) bond motifs is 3. The number of aryl methyl sites for hydroxylation is 1. The highest BCUT2D eigenvalue weighted by Crippen LogP contribution is 2.31. The third-order valence-corrected chi connectivity index (χ3v) is 4.73. The fourth-order valence-corrected chi connectivity index (χ4v) is 3.41. The molecule has 1 N–H and O–H groups in total. The van der Waals surface area contributed by atoms with Crippen molar-refractivity contribution in [3.63, 3.8) is 0 Å². The molecule has 0 aliphatic carbocycles. The molecule has 142 valence electrons. The third-order valence-electron chi connectivity index (χ3n) is 4.73. The molecule has 0 bridgehead atoms. The van der Waals surface area contributed by atoms with Crippen LogP contribution in [0.3, 0.4) is 0 Å². The maximum Gasteiger partial charge on any atom is 0.349 e. The molecule has 0 amide bonds. The van der Waals surface area contributed by atoms with Crippen LogP contribution in [-0.2, 0) is 22.4 Å². The van der Waals surface area contributed by atoms with Crippen LogP contribution in [-0.4, -0.2) is 48.6 Å². The van der Waals surface area contributed by atoms with Gasteiger partial charge in [-0.25, -0.2) is 4.79 Å². The molecule has 4 rings (SSSR count). The van der Waals surface area contributed by atoms with Crippen molar-refractivity contribution in [2.45, 2.75) is 19.1 Å². The molecule has 27 heavy (non-hydrogen) atoms. The molecule has 0 unspecified atom stereocenters. The molecule has 7 nitrogen and oxygen atoms in total. The Labute approximate surface area is 157 Å². The van der Waals surface area contributed by atoms with Gasteiger partial charge in [-0.05, 0) is 30.2 Å². The van der Waals surface area contributed by atoms with Gasteiger partial charge in [-0.2, -0.15) is 4.98 Å². The number of hydrogen-bond acceptors (Lipinski definition) is 6. The van der Waals surface area contributed by atoms with E-state index < -0.39 is 0 Å². The lowest BCUT2D eigenvalue weighted by Gasteiger charge is -2.24. The Morgan fingerprint density at radius 1 is 1.37 bits per heavy atom. The monoisotopic (exact) mass is 369 g/mol. The number of anilines is 1. The van der Waals surface area contributed by atoms with E-state index in [4.69, 9.17) is 14.2 Å². The average molecular weight is 369 g/mol. The fraction of sp³-hybridized carbons (Fsp3) is 0.400. The zero-order chi connectivity index (χ0) is 18.6. The first-order chi connectivity index (χ1) is 13.2. The van der Waals surface area contributed by atoms with Gasteiger partial charge in [-0.3, -0.25) is 4.57 Å². The normalized spacial score (nSPS) is 18.3. The van der Waals surface area contributed by atoms with E-state index in [1.807, 2.05) is 24.3 Å². The third kappa shape index (κ3) is 3.89. The summed E-state index contributed by atoms with van der Waals surface area (Å²) in [6, 6.07) is 7.88. The summed E-state index contributed by atoms with van der Waals surface area (Å²) in [6.45, 7) is 7.08. The Morgan fingerprint density at radius 3 is 3.11 bits per heavy atom. The van der Waals surface area contributed by atoms with Crippen molar-refractivity contribution in [3.05, 3.63) is 53.0 Å². The van der Waals surface area contributed by atoms with Gasteiger partial charge in [0, 0.05) is 24.7 Å². The molecule has 1 atom stereocenters. The van der Waals surface area contributed by atoms with Crippen LogP contribution in [0.25, 0.3) is 11.3 Å². The Kier molecular flexibility index (Phi) is 5.22. The topological polar surface area (TPSA) is 74.6 Å². The van der Waals surface area contributed by atoms with Crippen LogP contribution in [0.4, 0.5) is 5.82 Å². The minimum atomic E-state index is -0.242. The van der Waals surface area contributed by atoms with Gasteiger partial charge in [0.25, 0.3) is 0 Å². The molecule has 1 aromatic heterocycles. The molecular formula is C20H23N3O4. The molecule has 0 spiro atoms. The number of hydrogen-bond donors (Lipinski definition) is 1. The summed E-state index contributed by atoms with van der Waals surface area (Å²) in [5.41, 5.74) is 2.83. The van der Waals surface area contributed by atoms with Gasteiger partial charge >= 0.3 is 5.69 Å². The van der Waals surface area contributed by atoms with Gasteiger partial charge in [0.2, 0.25) is 0 Å². The predicted molar refractivity (Wildman–Crippen MR) is 102 cm³/mol. The molecule has 1 saturated heterocycles. The van der Waals surface area contributed by atoms with Gasteiger partial charge in [0.15, 0.2) is 0 Å². The number of aromatic nitrogens is 2. The maximum absolute atomic E-state index is 12.5. The summed E-state index contributed by atoms with van der Waals surface area (Å²) >= 11 is 0. The van der Waals surface area contributed by atoms with E-state index in [1.54, 1.807) is 10.6 Å². The van der Waals surface area contributed by atoms with Crippen molar-refractivity contribution in [3.8, 4) is 17.0 Å². The van der Waals surface area contributed by atoms with Crippen molar-refractivity contribution in [2.24, 2.45) is 0 Å². The summed E-state index contributed by atoms with van der Waals surface area (Å²) in [6.07, 6.45) is 2.46. The van der Waals surface area contributed by atoms with Gasteiger partial charge in [0.05, 0.1) is 31.6 Å². The molecule has 3 heterocycles. The second-order valence-electron chi connectivity index (χ2n) is 6.58. The molecular weight excluding hydrogens is 346 g/mol. The molecule has 1 aromatic carbocycles. The minimum Gasteiger partial charge on any atom is -0.490 e. The van der Waals surface area contributed by atoms with Crippen LogP contribution in [0.2, 0.25) is 0 Å². The highest BCUT2D eigenvalue weighted by Gasteiger charge is 2.20. The summed E-state index contributed by atoms with van der Waals surface area (Å²) in [5.74, 6) is 1.37. The second kappa shape index (κ2) is 7.94.